The van der Waals surface area contributed by atoms with Crippen molar-refractivity contribution in [2.24, 2.45) is 5.73 Å². The molecule has 2 rings (SSSR count). The van der Waals surface area contributed by atoms with E-state index in [9.17, 15) is 4.39 Å². The van der Waals surface area contributed by atoms with Crippen LogP contribution >= 0.6 is 0 Å². The van der Waals surface area contributed by atoms with Crippen LogP contribution in [0.4, 0.5) is 4.39 Å². The summed E-state index contributed by atoms with van der Waals surface area (Å²) in [5, 5.41) is 8.99. The van der Waals surface area contributed by atoms with Crippen molar-refractivity contribution >= 4 is 0 Å². The Bertz CT molecular complexity index is 583. The number of nitrogens with two attached hydrogens (primary N) is 1. The van der Waals surface area contributed by atoms with E-state index in [2.05, 4.69) is 4.98 Å². The number of hydrogen-bond acceptors (Lipinski definition) is 3. The van der Waals surface area contributed by atoms with Crippen molar-refractivity contribution in [1.29, 1.82) is 5.26 Å². The molecule has 0 amide bonds. The first-order valence-corrected chi connectivity index (χ1v) is 5.57. The van der Waals surface area contributed by atoms with Gasteiger partial charge in [0.15, 0.2) is 0 Å². The molecule has 2 atom stereocenters. The lowest BCUT2D eigenvalue weighted by Gasteiger charge is -2.23. The minimum atomic E-state index is -0.322. The highest BCUT2D eigenvalue weighted by Gasteiger charge is 2.21. The molecule has 1 heterocycles. The summed E-state index contributed by atoms with van der Waals surface area (Å²) in [5.41, 5.74) is 6.67. The van der Waals surface area contributed by atoms with Crippen LogP contribution in [0.15, 0.2) is 36.7 Å². The monoisotopic (exact) mass is 244 g/mol. The van der Waals surface area contributed by atoms with Crippen LogP contribution in [0.2, 0.25) is 0 Å². The molecule has 0 spiro atoms. The van der Waals surface area contributed by atoms with Gasteiger partial charge in [-0.15, -0.1) is 0 Å². The van der Waals surface area contributed by atoms with Crippen molar-refractivity contribution in [3.05, 3.63) is 53.9 Å². The molecule has 0 saturated carbocycles. The summed E-state index contributed by atoms with van der Waals surface area (Å²) in [6.45, 7) is 1.82. The van der Waals surface area contributed by atoms with Crippen LogP contribution in [-0.2, 0) is 0 Å². The Morgan fingerprint density at radius 2 is 2.28 bits per heavy atom. The molecule has 0 bridgehead atoms. The summed E-state index contributed by atoms with van der Waals surface area (Å²) in [5.74, 6) is -0.0571. The predicted octanol–water partition coefficient (Wildman–Crippen LogP) is 1.83. The van der Waals surface area contributed by atoms with Gasteiger partial charge in [0, 0.05) is 18.4 Å². The summed E-state index contributed by atoms with van der Waals surface area (Å²) < 4.78 is 15.0. The van der Waals surface area contributed by atoms with E-state index in [0.717, 1.165) is 5.56 Å². The average Bonchev–Trinajstić information content (AvgIpc) is 2.77. The van der Waals surface area contributed by atoms with E-state index in [4.69, 9.17) is 11.0 Å². The fraction of sp³-hybridized carbons (Fsp3) is 0.231. The minimum Gasteiger partial charge on any atom is -0.326 e. The normalized spacial score (nSPS) is 13.9. The van der Waals surface area contributed by atoms with Gasteiger partial charge in [0.25, 0.3) is 0 Å². The molecule has 1 aromatic carbocycles. The molecular weight excluding hydrogens is 231 g/mol. The molecular formula is C13H13FN4. The summed E-state index contributed by atoms with van der Waals surface area (Å²) in [6.07, 6.45) is 3.21. The SMILES string of the molecule is CC(N)C(c1cccc(F)c1)n1ccnc1C#N. The topological polar surface area (TPSA) is 67.6 Å². The van der Waals surface area contributed by atoms with Gasteiger partial charge in [0.05, 0.1) is 6.04 Å². The molecule has 1 aromatic heterocycles. The van der Waals surface area contributed by atoms with Crippen LogP contribution in [0.5, 0.6) is 0 Å². The van der Waals surface area contributed by atoms with Crippen molar-refractivity contribution in [2.45, 2.75) is 19.0 Å². The Hall–Kier alpha value is -2.19. The Morgan fingerprint density at radius 1 is 1.50 bits per heavy atom. The Labute approximate surface area is 104 Å². The highest BCUT2D eigenvalue weighted by molar-refractivity contribution is 5.25. The molecule has 0 aliphatic rings. The number of nitrogens with zero attached hydrogens (tertiary/aromatic N) is 3. The molecule has 0 saturated heterocycles. The van der Waals surface area contributed by atoms with E-state index in [1.165, 1.54) is 18.3 Å². The van der Waals surface area contributed by atoms with E-state index in [1.54, 1.807) is 22.9 Å². The second-order valence-electron chi connectivity index (χ2n) is 4.13. The number of aromatic nitrogens is 2. The number of halogens is 1. The molecule has 92 valence electrons. The second-order valence-corrected chi connectivity index (χ2v) is 4.13. The lowest BCUT2D eigenvalue weighted by Crippen LogP contribution is -2.30. The number of benzene rings is 1. The third-order valence-electron chi connectivity index (χ3n) is 2.76. The van der Waals surface area contributed by atoms with Gasteiger partial charge in [0.1, 0.15) is 11.9 Å². The van der Waals surface area contributed by atoms with Crippen LogP contribution in [0.1, 0.15) is 24.4 Å². The molecule has 4 nitrogen and oxygen atoms in total. The summed E-state index contributed by atoms with van der Waals surface area (Å²) in [7, 11) is 0. The third kappa shape index (κ3) is 2.24. The van der Waals surface area contributed by atoms with Gasteiger partial charge in [-0.05, 0) is 24.6 Å². The van der Waals surface area contributed by atoms with Gasteiger partial charge < -0.3 is 10.3 Å². The number of nitriles is 1. The van der Waals surface area contributed by atoms with Crippen LogP contribution in [-0.4, -0.2) is 15.6 Å². The maximum absolute atomic E-state index is 13.3. The van der Waals surface area contributed by atoms with Gasteiger partial charge in [-0.2, -0.15) is 5.26 Å². The Kier molecular flexibility index (Phi) is 3.40. The fourth-order valence-electron chi connectivity index (χ4n) is 2.03. The quantitative estimate of drug-likeness (QED) is 0.895. The van der Waals surface area contributed by atoms with Crippen molar-refractivity contribution < 1.29 is 4.39 Å². The zero-order valence-corrected chi connectivity index (χ0v) is 9.92. The number of hydrogen-bond donors (Lipinski definition) is 1. The highest BCUT2D eigenvalue weighted by atomic mass is 19.1. The molecule has 0 radical (unpaired) electrons. The van der Waals surface area contributed by atoms with E-state index < -0.39 is 0 Å². The second kappa shape index (κ2) is 4.98. The number of rotatable bonds is 3. The maximum Gasteiger partial charge on any atom is 0.213 e. The van der Waals surface area contributed by atoms with E-state index in [1.807, 2.05) is 13.0 Å². The zero-order valence-electron chi connectivity index (χ0n) is 9.92. The molecule has 0 aliphatic heterocycles. The van der Waals surface area contributed by atoms with E-state index in [0.29, 0.717) is 0 Å². The van der Waals surface area contributed by atoms with Gasteiger partial charge >= 0.3 is 0 Å². The summed E-state index contributed by atoms with van der Waals surface area (Å²) in [6, 6.07) is 7.64. The Morgan fingerprint density at radius 3 is 2.89 bits per heavy atom. The summed E-state index contributed by atoms with van der Waals surface area (Å²) in [4.78, 5) is 3.94. The van der Waals surface area contributed by atoms with Crippen LogP contribution < -0.4 is 5.73 Å². The fourth-order valence-corrected chi connectivity index (χ4v) is 2.03. The molecule has 0 aliphatic carbocycles. The van der Waals surface area contributed by atoms with E-state index >= 15 is 0 Å². The zero-order chi connectivity index (χ0) is 13.1. The van der Waals surface area contributed by atoms with E-state index in [-0.39, 0.29) is 23.7 Å². The average molecular weight is 244 g/mol. The molecule has 5 heteroatoms. The van der Waals surface area contributed by atoms with Gasteiger partial charge in [-0.3, -0.25) is 0 Å². The standard InChI is InChI=1S/C13H13FN4/c1-9(16)13(10-3-2-4-11(14)7-10)18-6-5-17-12(18)8-15/h2-7,9,13H,16H2,1H3. The molecule has 0 fully saturated rings. The molecule has 18 heavy (non-hydrogen) atoms. The minimum absolute atomic E-state index is 0.265. The number of imidazole rings is 1. The van der Waals surface area contributed by atoms with Crippen molar-refractivity contribution in [2.75, 3.05) is 0 Å². The Balaban J connectivity index is 2.51. The van der Waals surface area contributed by atoms with Crippen molar-refractivity contribution in [3.8, 4) is 6.07 Å². The van der Waals surface area contributed by atoms with Gasteiger partial charge in [-0.25, -0.2) is 9.37 Å². The first-order valence-electron chi connectivity index (χ1n) is 5.57. The smallest absolute Gasteiger partial charge is 0.213 e. The van der Waals surface area contributed by atoms with Crippen LogP contribution in [0.25, 0.3) is 0 Å². The van der Waals surface area contributed by atoms with Gasteiger partial charge in [0.2, 0.25) is 5.82 Å². The summed E-state index contributed by atoms with van der Waals surface area (Å²) >= 11 is 0. The van der Waals surface area contributed by atoms with Crippen LogP contribution in [0.3, 0.4) is 0 Å². The highest BCUT2D eigenvalue weighted by Crippen LogP contribution is 2.23. The first kappa shape index (κ1) is 12.3. The van der Waals surface area contributed by atoms with Crippen molar-refractivity contribution in [3.63, 3.8) is 0 Å². The third-order valence-corrected chi connectivity index (χ3v) is 2.76. The van der Waals surface area contributed by atoms with Gasteiger partial charge in [-0.1, -0.05) is 12.1 Å². The maximum atomic E-state index is 13.3. The van der Waals surface area contributed by atoms with Crippen LogP contribution in [0, 0.1) is 17.1 Å². The lowest BCUT2D eigenvalue weighted by molar-refractivity contribution is 0.488. The largest absolute Gasteiger partial charge is 0.326 e. The molecule has 2 aromatic rings. The van der Waals surface area contributed by atoms with Crippen molar-refractivity contribution in [1.82, 2.24) is 9.55 Å². The first-order chi connectivity index (χ1) is 8.63. The molecule has 2 N–H and O–H groups in total. The lowest BCUT2D eigenvalue weighted by atomic mass is 10.0. The predicted molar refractivity (Wildman–Crippen MR) is 65.1 cm³/mol. The molecule has 2 unspecified atom stereocenters.